The molecule has 0 spiro atoms. The highest BCUT2D eigenvalue weighted by Gasteiger charge is 2.12. The maximum absolute atomic E-state index is 8.60. The second kappa shape index (κ2) is 4.85. The molecule has 1 aromatic rings. The molecule has 0 aliphatic carbocycles. The fourth-order valence-electron chi connectivity index (χ4n) is 1.24. The SMILES string of the molecule is CCc1nn(C)c(OCCCO)c1N. The third kappa shape index (κ3) is 2.17. The van der Waals surface area contributed by atoms with Crippen molar-refractivity contribution in [3.63, 3.8) is 0 Å². The van der Waals surface area contributed by atoms with Crippen molar-refractivity contribution in [1.29, 1.82) is 0 Å². The van der Waals surface area contributed by atoms with E-state index >= 15 is 0 Å². The first-order chi connectivity index (χ1) is 6.70. The molecular weight excluding hydrogens is 182 g/mol. The maximum atomic E-state index is 8.60. The summed E-state index contributed by atoms with van der Waals surface area (Å²) in [5.41, 5.74) is 7.28. The van der Waals surface area contributed by atoms with Gasteiger partial charge in [-0.1, -0.05) is 6.92 Å². The molecule has 5 nitrogen and oxygen atoms in total. The summed E-state index contributed by atoms with van der Waals surface area (Å²) in [4.78, 5) is 0. The molecule has 0 saturated heterocycles. The summed E-state index contributed by atoms with van der Waals surface area (Å²) in [7, 11) is 1.80. The largest absolute Gasteiger partial charge is 0.476 e. The van der Waals surface area contributed by atoms with Gasteiger partial charge in [-0.2, -0.15) is 5.10 Å². The minimum atomic E-state index is 0.123. The van der Waals surface area contributed by atoms with Crippen LogP contribution >= 0.6 is 0 Å². The maximum Gasteiger partial charge on any atom is 0.235 e. The second-order valence-corrected chi connectivity index (χ2v) is 3.07. The van der Waals surface area contributed by atoms with E-state index < -0.39 is 0 Å². The van der Waals surface area contributed by atoms with Crippen molar-refractivity contribution in [1.82, 2.24) is 9.78 Å². The smallest absolute Gasteiger partial charge is 0.235 e. The van der Waals surface area contributed by atoms with Crippen LogP contribution in [0.3, 0.4) is 0 Å². The number of anilines is 1. The molecule has 0 aromatic carbocycles. The average molecular weight is 199 g/mol. The Labute approximate surface area is 83.5 Å². The average Bonchev–Trinajstić information content (AvgIpc) is 2.45. The zero-order valence-electron chi connectivity index (χ0n) is 8.66. The topological polar surface area (TPSA) is 73.3 Å². The summed E-state index contributed by atoms with van der Waals surface area (Å²) >= 11 is 0. The van der Waals surface area contributed by atoms with Gasteiger partial charge in [0.2, 0.25) is 5.88 Å². The van der Waals surface area contributed by atoms with Gasteiger partial charge in [-0.15, -0.1) is 0 Å². The molecular formula is C9H17N3O2. The third-order valence-electron chi connectivity index (χ3n) is 1.98. The van der Waals surface area contributed by atoms with E-state index in [1.165, 1.54) is 0 Å². The van der Waals surface area contributed by atoms with Gasteiger partial charge in [0, 0.05) is 20.1 Å². The molecule has 0 unspecified atom stereocenters. The molecule has 1 rings (SSSR count). The molecule has 0 saturated carbocycles. The number of aryl methyl sites for hydroxylation is 2. The molecule has 3 N–H and O–H groups in total. The highest BCUT2D eigenvalue weighted by atomic mass is 16.5. The molecule has 0 aliphatic heterocycles. The number of nitrogens with two attached hydrogens (primary N) is 1. The number of aromatic nitrogens is 2. The lowest BCUT2D eigenvalue weighted by Gasteiger charge is -2.05. The quantitative estimate of drug-likeness (QED) is 0.670. The summed E-state index contributed by atoms with van der Waals surface area (Å²) in [5.74, 6) is 0.593. The van der Waals surface area contributed by atoms with Crippen molar-refractivity contribution < 1.29 is 9.84 Å². The van der Waals surface area contributed by atoms with E-state index in [2.05, 4.69) is 5.10 Å². The first-order valence-electron chi connectivity index (χ1n) is 4.75. The molecule has 0 atom stereocenters. The lowest BCUT2D eigenvalue weighted by atomic mass is 10.3. The third-order valence-corrected chi connectivity index (χ3v) is 1.98. The normalized spacial score (nSPS) is 10.5. The van der Waals surface area contributed by atoms with Crippen LogP contribution in [-0.4, -0.2) is 28.1 Å². The summed E-state index contributed by atoms with van der Waals surface area (Å²) in [5, 5.41) is 12.8. The number of hydrogen-bond acceptors (Lipinski definition) is 4. The van der Waals surface area contributed by atoms with E-state index in [9.17, 15) is 0 Å². The van der Waals surface area contributed by atoms with E-state index in [0.29, 0.717) is 24.6 Å². The molecule has 0 radical (unpaired) electrons. The lowest BCUT2D eigenvalue weighted by molar-refractivity contribution is 0.224. The van der Waals surface area contributed by atoms with Crippen LogP contribution in [-0.2, 0) is 13.5 Å². The monoisotopic (exact) mass is 199 g/mol. The second-order valence-electron chi connectivity index (χ2n) is 3.07. The number of hydrogen-bond donors (Lipinski definition) is 2. The highest BCUT2D eigenvalue weighted by molar-refractivity contribution is 5.52. The minimum absolute atomic E-state index is 0.123. The van der Waals surface area contributed by atoms with Crippen LogP contribution in [0.25, 0.3) is 0 Å². The van der Waals surface area contributed by atoms with Crippen LogP contribution in [0.2, 0.25) is 0 Å². The number of ether oxygens (including phenoxy) is 1. The van der Waals surface area contributed by atoms with Gasteiger partial charge < -0.3 is 15.6 Å². The Bertz CT molecular complexity index is 296. The van der Waals surface area contributed by atoms with Gasteiger partial charge in [0.1, 0.15) is 5.69 Å². The molecule has 0 fully saturated rings. The molecule has 0 amide bonds. The first-order valence-corrected chi connectivity index (χ1v) is 4.75. The molecule has 0 aliphatic rings. The Kier molecular flexibility index (Phi) is 3.76. The van der Waals surface area contributed by atoms with Crippen molar-refractivity contribution in [2.45, 2.75) is 19.8 Å². The zero-order valence-corrected chi connectivity index (χ0v) is 8.66. The van der Waals surface area contributed by atoms with Crippen molar-refractivity contribution in [3.8, 4) is 5.88 Å². The number of rotatable bonds is 5. The molecule has 1 heterocycles. The van der Waals surface area contributed by atoms with E-state index in [-0.39, 0.29) is 6.61 Å². The van der Waals surface area contributed by atoms with Gasteiger partial charge in [0.25, 0.3) is 0 Å². The number of aliphatic hydroxyl groups is 1. The van der Waals surface area contributed by atoms with Crippen molar-refractivity contribution in [2.75, 3.05) is 18.9 Å². The molecule has 80 valence electrons. The Hall–Kier alpha value is -1.23. The number of nitrogen functional groups attached to an aromatic ring is 1. The molecule has 14 heavy (non-hydrogen) atoms. The molecule has 5 heteroatoms. The standard InChI is InChI=1S/C9H17N3O2/c1-3-7-8(10)9(12(2)11-7)14-6-4-5-13/h13H,3-6,10H2,1-2H3. The van der Waals surface area contributed by atoms with Gasteiger partial charge in [-0.05, 0) is 6.42 Å². The summed E-state index contributed by atoms with van der Waals surface area (Å²) < 4.78 is 7.04. The number of aliphatic hydroxyl groups excluding tert-OH is 1. The van der Waals surface area contributed by atoms with E-state index in [4.69, 9.17) is 15.6 Å². The van der Waals surface area contributed by atoms with Crippen LogP contribution in [0.4, 0.5) is 5.69 Å². The zero-order chi connectivity index (χ0) is 10.6. The Morgan fingerprint density at radius 3 is 2.79 bits per heavy atom. The summed E-state index contributed by atoms with van der Waals surface area (Å²) in [6, 6.07) is 0. The van der Waals surface area contributed by atoms with E-state index in [0.717, 1.165) is 12.1 Å². The summed E-state index contributed by atoms with van der Waals surface area (Å²) in [6.45, 7) is 2.58. The van der Waals surface area contributed by atoms with Crippen LogP contribution in [0.1, 0.15) is 19.0 Å². The van der Waals surface area contributed by atoms with Crippen LogP contribution < -0.4 is 10.5 Å². The summed E-state index contributed by atoms with van der Waals surface area (Å²) in [6.07, 6.45) is 1.40. The van der Waals surface area contributed by atoms with Crippen LogP contribution in [0.15, 0.2) is 0 Å². The van der Waals surface area contributed by atoms with Gasteiger partial charge in [0.05, 0.1) is 12.3 Å². The Balaban J connectivity index is 2.70. The van der Waals surface area contributed by atoms with E-state index in [1.54, 1.807) is 11.7 Å². The Morgan fingerprint density at radius 1 is 1.57 bits per heavy atom. The highest BCUT2D eigenvalue weighted by Crippen LogP contribution is 2.24. The van der Waals surface area contributed by atoms with Crippen LogP contribution in [0.5, 0.6) is 5.88 Å². The van der Waals surface area contributed by atoms with Gasteiger partial charge >= 0.3 is 0 Å². The van der Waals surface area contributed by atoms with Gasteiger partial charge in [0.15, 0.2) is 0 Å². The lowest BCUT2D eigenvalue weighted by Crippen LogP contribution is -2.05. The predicted octanol–water partition coefficient (Wildman–Crippen LogP) is 0.326. The first kappa shape index (κ1) is 10.8. The number of nitrogens with zero attached hydrogens (tertiary/aromatic N) is 2. The predicted molar refractivity (Wildman–Crippen MR) is 54.2 cm³/mol. The molecule has 1 aromatic heterocycles. The van der Waals surface area contributed by atoms with Crippen molar-refractivity contribution >= 4 is 5.69 Å². The van der Waals surface area contributed by atoms with Crippen molar-refractivity contribution in [3.05, 3.63) is 5.69 Å². The van der Waals surface area contributed by atoms with E-state index in [1.807, 2.05) is 6.92 Å². The minimum Gasteiger partial charge on any atom is -0.476 e. The van der Waals surface area contributed by atoms with Crippen LogP contribution in [0, 0.1) is 0 Å². The van der Waals surface area contributed by atoms with Gasteiger partial charge in [-0.25, -0.2) is 4.68 Å². The van der Waals surface area contributed by atoms with Crippen molar-refractivity contribution in [2.24, 2.45) is 7.05 Å². The Morgan fingerprint density at radius 2 is 2.29 bits per heavy atom. The fraction of sp³-hybridized carbons (Fsp3) is 0.667. The van der Waals surface area contributed by atoms with Gasteiger partial charge in [-0.3, -0.25) is 0 Å². The molecule has 0 bridgehead atoms. The fourth-order valence-corrected chi connectivity index (χ4v) is 1.24.